The van der Waals surface area contributed by atoms with Crippen molar-refractivity contribution in [2.45, 2.75) is 231 Å². The zero-order valence-corrected chi connectivity index (χ0v) is 65.2. The lowest BCUT2D eigenvalue weighted by Crippen LogP contribution is -2.51. The number of primary amides is 2. The number of fused-ring (bicyclic) bond motifs is 10. The SMILES string of the molecule is CC(C)[C@H]1CC[C@H]2[C@@H]3CC=C4C[C@@H](OC(=O)CSC[C@H](C)C(N)=O)CC[C@]4(C)[C@H]3CC[C@]12C.CCC(=O)OC1CC[C@@]2(C)C(=CC[C@H]3[C@@H]4CC[C@H]([C@H](C)CCCC(C)C)[C@@]4(C)CC[C@@H]32)C1.CCOCCOCCOCCOCCNC(=O)CSC[C@H](C)C(N)=O.CNC.CNC. The molecule has 0 radical (unpaired) electrons. The Labute approximate surface area is 593 Å². The van der Waals surface area contributed by atoms with Crippen molar-refractivity contribution in [1.29, 1.82) is 0 Å². The van der Waals surface area contributed by atoms with Crippen molar-refractivity contribution in [2.75, 3.05) is 111 Å². The summed E-state index contributed by atoms with van der Waals surface area (Å²) in [6.07, 6.45) is 30.2. The van der Waals surface area contributed by atoms with Gasteiger partial charge in [-0.3, -0.25) is 24.0 Å². The Kier molecular flexibility index (Phi) is 38.6. The van der Waals surface area contributed by atoms with Gasteiger partial charge in [0, 0.05) is 55.8 Å². The van der Waals surface area contributed by atoms with Gasteiger partial charge in [0.05, 0.1) is 57.8 Å². The molecular formula is C78H141N5O11S2. The van der Waals surface area contributed by atoms with Crippen LogP contribution >= 0.6 is 23.5 Å². The predicted molar refractivity (Wildman–Crippen MR) is 396 cm³/mol. The molecule has 17 atom stereocenters. The van der Waals surface area contributed by atoms with Gasteiger partial charge in [0.25, 0.3) is 0 Å². The molecule has 0 spiro atoms. The van der Waals surface area contributed by atoms with Crippen LogP contribution in [0.5, 0.6) is 0 Å². The second-order valence-electron chi connectivity index (χ2n) is 31.6. The molecule has 0 heterocycles. The smallest absolute Gasteiger partial charge is 0.316 e. The van der Waals surface area contributed by atoms with Crippen LogP contribution in [0, 0.1) is 98.6 Å². The minimum Gasteiger partial charge on any atom is -0.462 e. The highest BCUT2D eigenvalue weighted by Crippen LogP contribution is 2.69. The Hall–Kier alpha value is -2.71. The lowest BCUT2D eigenvalue weighted by atomic mass is 9.47. The molecule has 0 aromatic rings. The Morgan fingerprint density at radius 3 is 1.43 bits per heavy atom. The van der Waals surface area contributed by atoms with Crippen LogP contribution in [-0.2, 0) is 52.4 Å². The van der Waals surface area contributed by atoms with Gasteiger partial charge in [-0.15, -0.1) is 11.8 Å². The van der Waals surface area contributed by atoms with E-state index in [1.54, 1.807) is 25.0 Å². The molecule has 556 valence electrons. The summed E-state index contributed by atoms with van der Waals surface area (Å²) in [6, 6.07) is 0. The van der Waals surface area contributed by atoms with E-state index in [0.29, 0.717) is 105 Å². The third-order valence-corrected chi connectivity index (χ3v) is 26.5. The minimum absolute atomic E-state index is 0.00759. The van der Waals surface area contributed by atoms with Crippen molar-refractivity contribution in [1.82, 2.24) is 16.0 Å². The van der Waals surface area contributed by atoms with Gasteiger partial charge in [0.1, 0.15) is 12.2 Å². The van der Waals surface area contributed by atoms with Crippen LogP contribution in [0.2, 0.25) is 0 Å². The molecule has 8 aliphatic rings. The van der Waals surface area contributed by atoms with E-state index in [1.165, 1.54) is 113 Å². The first-order chi connectivity index (χ1) is 45.6. The number of nitrogens with two attached hydrogens (primary N) is 2. The van der Waals surface area contributed by atoms with E-state index in [-0.39, 0.29) is 59.1 Å². The van der Waals surface area contributed by atoms with Crippen LogP contribution in [0.3, 0.4) is 0 Å². The lowest BCUT2D eigenvalue weighted by Gasteiger charge is -2.58. The predicted octanol–water partition coefficient (Wildman–Crippen LogP) is 14.1. The Morgan fingerprint density at radius 1 is 0.542 bits per heavy atom. The summed E-state index contributed by atoms with van der Waals surface area (Å²) in [7, 11) is 7.50. The van der Waals surface area contributed by atoms with Gasteiger partial charge in [-0.2, -0.15) is 11.8 Å². The maximum absolute atomic E-state index is 12.4. The van der Waals surface area contributed by atoms with E-state index in [9.17, 15) is 24.0 Å². The molecule has 8 aliphatic carbocycles. The molecule has 1 unspecified atom stereocenters. The molecule has 0 saturated heterocycles. The summed E-state index contributed by atoms with van der Waals surface area (Å²) in [6.45, 7) is 34.7. The first-order valence-electron chi connectivity index (χ1n) is 37.9. The molecule has 16 nitrogen and oxygen atoms in total. The second-order valence-corrected chi connectivity index (χ2v) is 33.7. The highest BCUT2D eigenvalue weighted by molar-refractivity contribution is 8.00. The number of carbonyl (C=O) groups excluding carboxylic acids is 5. The largest absolute Gasteiger partial charge is 0.462 e. The molecule has 6 saturated carbocycles. The van der Waals surface area contributed by atoms with Gasteiger partial charge >= 0.3 is 11.9 Å². The third kappa shape index (κ3) is 25.1. The van der Waals surface area contributed by atoms with Crippen LogP contribution in [0.4, 0.5) is 0 Å². The number of thioether (sulfide) groups is 2. The summed E-state index contributed by atoms with van der Waals surface area (Å²) in [5, 5.41) is 8.25. The summed E-state index contributed by atoms with van der Waals surface area (Å²) >= 11 is 2.83. The molecule has 96 heavy (non-hydrogen) atoms. The van der Waals surface area contributed by atoms with E-state index in [4.69, 9.17) is 39.9 Å². The van der Waals surface area contributed by atoms with E-state index in [1.807, 2.05) is 42.0 Å². The topological polar surface area (TPSA) is 229 Å². The first-order valence-corrected chi connectivity index (χ1v) is 40.2. The van der Waals surface area contributed by atoms with E-state index in [2.05, 4.69) is 90.4 Å². The molecule has 0 aliphatic heterocycles. The van der Waals surface area contributed by atoms with Crippen LogP contribution in [0.15, 0.2) is 23.3 Å². The number of hydrogen-bond acceptors (Lipinski definition) is 15. The Balaban J connectivity index is 0.000000297. The average molecular weight is 1390 g/mol. The fourth-order valence-corrected chi connectivity index (χ4v) is 20.8. The number of amides is 3. The molecule has 6 fully saturated rings. The quantitative estimate of drug-likeness (QED) is 0.0240. The summed E-state index contributed by atoms with van der Waals surface area (Å²) in [5.41, 5.74) is 15.4. The summed E-state index contributed by atoms with van der Waals surface area (Å²) < 4.78 is 32.8. The van der Waals surface area contributed by atoms with Gasteiger partial charge in [-0.25, -0.2) is 0 Å². The maximum atomic E-state index is 12.4. The maximum Gasteiger partial charge on any atom is 0.316 e. The highest BCUT2D eigenvalue weighted by Gasteiger charge is 2.61. The van der Waals surface area contributed by atoms with Gasteiger partial charge in [-0.05, 0) is 212 Å². The molecule has 0 aromatic heterocycles. The number of rotatable bonds is 32. The Bertz CT molecular complexity index is 2380. The number of allylic oxidation sites excluding steroid dienone is 2. The van der Waals surface area contributed by atoms with Crippen LogP contribution < -0.4 is 27.4 Å². The second kappa shape index (κ2) is 43.3. The van der Waals surface area contributed by atoms with Gasteiger partial charge < -0.3 is 55.8 Å². The standard InChI is InChI=1S/C30H50O2.C28H45NO3S.C16H32N2O6S.2C2H7N/c1-7-28(31)32-23-15-17-29(5)22(19-23)11-12-24-26-14-13-25(21(4)10-8-9-20(2)3)30(26,6)18-16-27(24)29;1-17(2)22-8-9-23-21-7-6-19-14-20(32-25(30)16-33-15-18(3)26(29)31)10-12-27(19,4)24(21)11-13-28(22,23)5;1-3-21-6-7-23-10-11-24-9-8-22-5-4-18-15(19)13-25-12-14(2)16(17)20;2*1-3-2/h11,20-21,23-27H,7-10,12-19H2,1-6H3;6,17-18,20-24H,7-16H2,1-5H3,(H2,29,31);14H,3-13H2,1-2H3,(H2,17,20)(H,18,19);2*3H,1-2H3/t21-,23?,24+,25-,26+,27+,29+,30-;18-,20-,21-,22+,23-,24-,27-,28+;14-;;/m100../s1. The van der Waals surface area contributed by atoms with Crippen molar-refractivity contribution in [3.8, 4) is 0 Å². The van der Waals surface area contributed by atoms with Gasteiger partial charge in [0.2, 0.25) is 17.7 Å². The van der Waals surface area contributed by atoms with Gasteiger partial charge in [0.15, 0.2) is 0 Å². The van der Waals surface area contributed by atoms with E-state index < -0.39 is 0 Å². The van der Waals surface area contributed by atoms with Crippen molar-refractivity contribution in [3.05, 3.63) is 23.3 Å². The van der Waals surface area contributed by atoms with Crippen molar-refractivity contribution < 1.29 is 52.4 Å². The monoisotopic (exact) mass is 1390 g/mol. The molecule has 0 bridgehead atoms. The number of carbonyl (C=O) groups is 5. The lowest BCUT2D eigenvalue weighted by molar-refractivity contribution is -0.151. The molecule has 0 aromatic carbocycles. The van der Waals surface area contributed by atoms with E-state index in [0.717, 1.165) is 97.2 Å². The molecule has 18 heteroatoms. The normalized spacial score (nSPS) is 31.6. The minimum atomic E-state index is -0.347. The molecule has 3 amide bonds. The van der Waals surface area contributed by atoms with Crippen LogP contribution in [-0.4, -0.2) is 152 Å². The van der Waals surface area contributed by atoms with Crippen LogP contribution in [0.25, 0.3) is 0 Å². The summed E-state index contributed by atoms with van der Waals surface area (Å²) in [5.74, 6) is 9.87. The van der Waals surface area contributed by atoms with Gasteiger partial charge in [-0.1, -0.05) is 126 Å². The number of nitrogens with one attached hydrogen (secondary N) is 3. The number of ether oxygens (including phenoxy) is 6. The summed E-state index contributed by atoms with van der Waals surface area (Å²) in [4.78, 5) is 57.8. The fourth-order valence-electron chi connectivity index (χ4n) is 19.0. The first kappa shape index (κ1) is 85.7. The fraction of sp³-hybridized carbons (Fsp3) is 0.885. The van der Waals surface area contributed by atoms with Crippen LogP contribution in [0.1, 0.15) is 218 Å². The zero-order valence-electron chi connectivity index (χ0n) is 63.6. The average Bonchev–Trinajstić information content (AvgIpc) is 1.37. The van der Waals surface area contributed by atoms with Crippen molar-refractivity contribution in [3.63, 3.8) is 0 Å². The Morgan fingerprint density at radius 2 is 0.979 bits per heavy atom. The molecule has 7 N–H and O–H groups in total. The number of esters is 2. The zero-order chi connectivity index (χ0) is 71.2. The van der Waals surface area contributed by atoms with Crippen molar-refractivity contribution >= 4 is 53.2 Å². The molecular weight excluding hydrogens is 1250 g/mol. The highest BCUT2D eigenvalue weighted by atomic mass is 32.2. The third-order valence-electron chi connectivity index (χ3n) is 24.1. The number of hydrogen-bond donors (Lipinski definition) is 5. The van der Waals surface area contributed by atoms with Crippen molar-refractivity contribution in [2.24, 2.45) is 110 Å². The van der Waals surface area contributed by atoms with E-state index >= 15 is 0 Å². The molecule has 8 rings (SSSR count).